The summed E-state index contributed by atoms with van der Waals surface area (Å²) in [7, 11) is 0. The summed E-state index contributed by atoms with van der Waals surface area (Å²) < 4.78 is 2.42. The van der Waals surface area contributed by atoms with E-state index in [4.69, 9.17) is 0 Å². The van der Waals surface area contributed by atoms with Gasteiger partial charge in [-0.05, 0) is 112 Å². The van der Waals surface area contributed by atoms with Gasteiger partial charge < -0.3 is 4.57 Å². The van der Waals surface area contributed by atoms with E-state index < -0.39 is 0 Å². The van der Waals surface area contributed by atoms with Crippen LogP contribution in [-0.2, 0) is 0 Å². The number of nitrogens with zero attached hydrogens (tertiary/aromatic N) is 1. The van der Waals surface area contributed by atoms with E-state index in [1.165, 1.54) is 110 Å². The van der Waals surface area contributed by atoms with E-state index in [2.05, 4.69) is 205 Å². The largest absolute Gasteiger partial charge is 0.309 e. The molecule has 0 fully saturated rings. The molecule has 1 heteroatoms. The van der Waals surface area contributed by atoms with Gasteiger partial charge in [0.15, 0.2) is 0 Å². The quantitative estimate of drug-likeness (QED) is 0.162. The predicted octanol–water partition coefficient (Wildman–Crippen LogP) is 14.9. The van der Waals surface area contributed by atoms with E-state index in [0.29, 0.717) is 0 Å². The van der Waals surface area contributed by atoms with Crippen LogP contribution in [-0.4, -0.2) is 4.57 Å². The van der Waals surface area contributed by atoms with E-state index in [1.807, 2.05) is 0 Å². The summed E-state index contributed by atoms with van der Waals surface area (Å²) in [4.78, 5) is 0. The zero-order valence-electron chi connectivity index (χ0n) is 30.0. The van der Waals surface area contributed by atoms with Gasteiger partial charge in [-0.3, -0.25) is 0 Å². The lowest BCUT2D eigenvalue weighted by Crippen LogP contribution is -1.96. The number of hydrogen-bond acceptors (Lipinski definition) is 0. The highest BCUT2D eigenvalue weighted by Crippen LogP contribution is 2.51. The van der Waals surface area contributed by atoms with Crippen molar-refractivity contribution in [3.8, 4) is 61.3 Å². The van der Waals surface area contributed by atoms with E-state index in [1.54, 1.807) is 0 Å². The number of rotatable bonds is 3. The van der Waals surface area contributed by atoms with Crippen molar-refractivity contribution in [2.45, 2.75) is 0 Å². The molecule has 0 radical (unpaired) electrons. The summed E-state index contributed by atoms with van der Waals surface area (Å²) in [6.07, 6.45) is 0. The second kappa shape index (κ2) is 11.6. The molecule has 10 aromatic carbocycles. The zero-order valence-corrected chi connectivity index (χ0v) is 30.0. The number of fused-ring (bicyclic) bond motifs is 10. The van der Waals surface area contributed by atoms with Crippen LogP contribution in [0.15, 0.2) is 200 Å². The number of hydrogen-bond donors (Lipinski definition) is 0. The molecule has 1 heterocycles. The predicted molar refractivity (Wildman–Crippen MR) is 234 cm³/mol. The maximum atomic E-state index is 2.42. The van der Waals surface area contributed by atoms with Gasteiger partial charge in [0.25, 0.3) is 0 Å². The van der Waals surface area contributed by atoms with Gasteiger partial charge in [0, 0.05) is 16.5 Å². The van der Waals surface area contributed by atoms with Gasteiger partial charge in [0.05, 0.1) is 11.0 Å². The van der Waals surface area contributed by atoms with Gasteiger partial charge in [0.2, 0.25) is 0 Å². The first-order valence-corrected chi connectivity index (χ1v) is 19.1. The van der Waals surface area contributed by atoms with Crippen molar-refractivity contribution in [3.63, 3.8) is 0 Å². The summed E-state index contributed by atoms with van der Waals surface area (Å²) >= 11 is 0. The van der Waals surface area contributed by atoms with E-state index >= 15 is 0 Å². The molecule has 12 rings (SSSR count). The van der Waals surface area contributed by atoms with Crippen LogP contribution in [0.2, 0.25) is 0 Å². The van der Waals surface area contributed by atoms with Gasteiger partial charge in [0.1, 0.15) is 0 Å². The molecule has 0 bridgehead atoms. The Morgan fingerprint density at radius 3 is 1.24 bits per heavy atom. The van der Waals surface area contributed by atoms with Gasteiger partial charge in [-0.1, -0.05) is 176 Å². The highest BCUT2D eigenvalue weighted by atomic mass is 15.0. The van der Waals surface area contributed by atoms with E-state index in [9.17, 15) is 0 Å². The molecule has 0 atom stereocenters. The fourth-order valence-corrected chi connectivity index (χ4v) is 9.71. The van der Waals surface area contributed by atoms with Crippen LogP contribution >= 0.6 is 0 Å². The molecule has 1 aliphatic rings. The average Bonchev–Trinajstić information content (AvgIpc) is 3.53. The van der Waals surface area contributed by atoms with Gasteiger partial charge in [-0.15, -0.1) is 0 Å². The van der Waals surface area contributed by atoms with Crippen molar-refractivity contribution < 1.29 is 0 Å². The van der Waals surface area contributed by atoms with Crippen LogP contribution < -0.4 is 0 Å². The summed E-state index contributed by atoms with van der Waals surface area (Å²) in [5.41, 5.74) is 16.3. The van der Waals surface area contributed by atoms with E-state index in [0.717, 1.165) is 5.69 Å². The minimum atomic E-state index is 1.16. The summed E-state index contributed by atoms with van der Waals surface area (Å²) in [6, 6.07) is 74.1. The molecule has 11 aromatic rings. The fraction of sp³-hybridized carbons (Fsp3) is 0. The van der Waals surface area contributed by atoms with Crippen molar-refractivity contribution in [2.24, 2.45) is 0 Å². The molecular formula is C54H33N. The molecule has 1 nitrogen and oxygen atoms in total. The Hall–Kier alpha value is -7.22. The number of benzene rings is 10. The van der Waals surface area contributed by atoms with Crippen LogP contribution in [0.1, 0.15) is 0 Å². The molecule has 0 N–H and O–H groups in total. The van der Waals surface area contributed by atoms with Crippen LogP contribution in [0.4, 0.5) is 0 Å². The van der Waals surface area contributed by atoms with E-state index in [-0.39, 0.29) is 0 Å². The van der Waals surface area contributed by atoms with Crippen LogP contribution in [0.5, 0.6) is 0 Å². The lowest BCUT2D eigenvalue weighted by molar-refractivity contribution is 1.18. The van der Waals surface area contributed by atoms with Crippen molar-refractivity contribution in [1.29, 1.82) is 0 Å². The molecule has 0 amide bonds. The Kier molecular flexibility index (Phi) is 6.40. The molecule has 1 aromatic heterocycles. The second-order valence-electron chi connectivity index (χ2n) is 14.7. The molecule has 0 unspecified atom stereocenters. The smallest absolute Gasteiger partial charge is 0.0541 e. The molecule has 55 heavy (non-hydrogen) atoms. The Morgan fingerprint density at radius 2 is 0.655 bits per heavy atom. The molecule has 0 saturated heterocycles. The van der Waals surface area contributed by atoms with Gasteiger partial charge in [-0.25, -0.2) is 0 Å². The third kappa shape index (κ3) is 4.30. The zero-order chi connectivity index (χ0) is 36.0. The first-order valence-electron chi connectivity index (χ1n) is 19.1. The Balaban J connectivity index is 1.15. The monoisotopic (exact) mass is 695 g/mol. The Labute approximate surface area is 319 Å². The van der Waals surface area contributed by atoms with Crippen molar-refractivity contribution >= 4 is 54.1 Å². The second-order valence-corrected chi connectivity index (χ2v) is 14.7. The highest BCUT2D eigenvalue weighted by molar-refractivity contribution is 6.26. The summed E-state index contributed by atoms with van der Waals surface area (Å²) in [5, 5.41) is 10.2. The van der Waals surface area contributed by atoms with Crippen LogP contribution in [0.25, 0.3) is 115 Å². The van der Waals surface area contributed by atoms with Crippen molar-refractivity contribution in [3.05, 3.63) is 200 Å². The Bertz CT molecular complexity index is 3220. The van der Waals surface area contributed by atoms with Crippen molar-refractivity contribution in [2.75, 3.05) is 0 Å². The molecule has 0 aliphatic heterocycles. The third-order valence-electron chi connectivity index (χ3n) is 11.9. The lowest BCUT2D eigenvalue weighted by Gasteiger charge is -2.20. The SMILES string of the molecule is c1cc(-c2c3ccccc3c(-c3ccc4c5c(cccc35)-c3ccccc3-c3ccccc3-4)c3ccccc23)cc(-n2c3ccccc3c3ccccc32)c1. The number of para-hydroxylation sites is 2. The summed E-state index contributed by atoms with van der Waals surface area (Å²) in [5.74, 6) is 0. The molecule has 0 saturated carbocycles. The van der Waals surface area contributed by atoms with Crippen LogP contribution in [0, 0.1) is 0 Å². The maximum absolute atomic E-state index is 2.42. The molecule has 1 aliphatic carbocycles. The molecular weight excluding hydrogens is 663 g/mol. The first-order chi connectivity index (χ1) is 27.3. The highest BCUT2D eigenvalue weighted by Gasteiger charge is 2.24. The topological polar surface area (TPSA) is 4.93 Å². The first kappa shape index (κ1) is 30.3. The normalized spacial score (nSPS) is 12.0. The average molecular weight is 696 g/mol. The van der Waals surface area contributed by atoms with Gasteiger partial charge in [-0.2, -0.15) is 0 Å². The fourth-order valence-electron chi connectivity index (χ4n) is 9.71. The van der Waals surface area contributed by atoms with Crippen LogP contribution in [0.3, 0.4) is 0 Å². The number of aromatic nitrogens is 1. The van der Waals surface area contributed by atoms with Crippen molar-refractivity contribution in [1.82, 2.24) is 4.57 Å². The maximum Gasteiger partial charge on any atom is 0.0541 e. The molecule has 0 spiro atoms. The van der Waals surface area contributed by atoms with Gasteiger partial charge >= 0.3 is 0 Å². The Morgan fingerprint density at radius 1 is 0.255 bits per heavy atom. The standard InChI is InChI=1S/C54H33N/c1-3-19-38-36(17-1)37-18-2-4-20-39(37)48-31-32-49(47-28-14-27-42(38)53(47)48)54-45-25-7-5-23-43(45)52(44-24-6-8-26-46(44)54)34-15-13-16-35(33-34)55-50-29-11-9-21-40(50)41-22-10-12-30-51(41)55/h1-33H. The minimum absolute atomic E-state index is 1.16. The lowest BCUT2D eigenvalue weighted by atomic mass is 9.83. The summed E-state index contributed by atoms with van der Waals surface area (Å²) in [6.45, 7) is 0. The molecule has 254 valence electrons. The third-order valence-corrected chi connectivity index (χ3v) is 11.9. The minimum Gasteiger partial charge on any atom is -0.309 e.